The van der Waals surface area contributed by atoms with Gasteiger partial charge in [0.15, 0.2) is 9.84 Å². The van der Waals surface area contributed by atoms with Crippen LogP contribution in [0.1, 0.15) is 37.4 Å². The fourth-order valence-electron chi connectivity index (χ4n) is 3.41. The van der Waals surface area contributed by atoms with Gasteiger partial charge < -0.3 is 15.1 Å². The molecule has 164 valence electrons. The first-order valence-corrected chi connectivity index (χ1v) is 12.1. The summed E-state index contributed by atoms with van der Waals surface area (Å²) in [5, 5.41) is 12.5. The van der Waals surface area contributed by atoms with E-state index in [9.17, 15) is 18.5 Å². The number of hydrogen-bond acceptors (Lipinski definition) is 6. The predicted molar refractivity (Wildman–Crippen MR) is 118 cm³/mol. The maximum absolute atomic E-state index is 12.7. The second-order valence-corrected chi connectivity index (χ2v) is 10.3. The first-order chi connectivity index (χ1) is 14.1. The molecule has 2 rings (SSSR count). The summed E-state index contributed by atoms with van der Waals surface area (Å²) in [4.78, 5) is 16.6. The van der Waals surface area contributed by atoms with Crippen molar-refractivity contribution in [2.24, 2.45) is 0 Å². The van der Waals surface area contributed by atoms with Crippen LogP contribution in [-0.2, 0) is 21.1 Å². The summed E-state index contributed by atoms with van der Waals surface area (Å²) in [6, 6.07) is 9.54. The number of carbonyl (C=O) groups excluding carboxylic acids is 1. The van der Waals surface area contributed by atoms with Gasteiger partial charge in [-0.05, 0) is 45.0 Å². The monoisotopic (exact) mass is 432 g/mol. The van der Waals surface area contributed by atoms with Crippen LogP contribution in [0.25, 0.3) is 0 Å². The van der Waals surface area contributed by atoms with Crippen LogP contribution in [-0.4, -0.2) is 68.9 Å². The fourth-order valence-corrected chi connectivity index (χ4v) is 5.15. The van der Waals surface area contributed by atoms with Gasteiger partial charge in [-0.3, -0.25) is 4.79 Å². The topological polar surface area (TPSA) is 93.5 Å². The first kappa shape index (κ1) is 23.9. The minimum Gasteiger partial charge on any atom is -0.371 e. The highest BCUT2D eigenvalue weighted by atomic mass is 32.2. The van der Waals surface area contributed by atoms with Gasteiger partial charge in [-0.25, -0.2) is 8.42 Å². The van der Waals surface area contributed by atoms with E-state index in [0.717, 1.165) is 12.0 Å². The van der Waals surface area contributed by atoms with E-state index in [4.69, 9.17) is 0 Å². The zero-order valence-electron chi connectivity index (χ0n) is 18.3. The van der Waals surface area contributed by atoms with Crippen LogP contribution in [0, 0.1) is 11.3 Å². The second-order valence-electron chi connectivity index (χ2n) is 8.04. The maximum atomic E-state index is 12.7. The molecule has 0 aliphatic carbocycles. The normalized spacial score (nSPS) is 19.3. The molecule has 1 aromatic rings. The van der Waals surface area contributed by atoms with E-state index < -0.39 is 15.7 Å². The van der Waals surface area contributed by atoms with Gasteiger partial charge in [-0.2, -0.15) is 5.26 Å². The molecule has 1 saturated heterocycles. The van der Waals surface area contributed by atoms with Crippen molar-refractivity contribution in [1.82, 2.24) is 15.1 Å². The fraction of sp³-hybridized carbons (Fsp3) is 0.545. The Labute approximate surface area is 180 Å². The van der Waals surface area contributed by atoms with Gasteiger partial charge in [-0.1, -0.05) is 31.2 Å². The summed E-state index contributed by atoms with van der Waals surface area (Å²) < 4.78 is 23.8. The first-order valence-electron chi connectivity index (χ1n) is 10.3. The van der Waals surface area contributed by atoms with Gasteiger partial charge in [-0.15, -0.1) is 0 Å². The van der Waals surface area contributed by atoms with Crippen molar-refractivity contribution in [3.63, 3.8) is 0 Å². The van der Waals surface area contributed by atoms with Crippen LogP contribution in [0.4, 0.5) is 0 Å². The van der Waals surface area contributed by atoms with Crippen LogP contribution in [0.3, 0.4) is 0 Å². The molecule has 0 aromatic heterocycles. The third kappa shape index (κ3) is 6.85. The summed E-state index contributed by atoms with van der Waals surface area (Å²) in [6.07, 6.45) is 2.98. The molecule has 0 radical (unpaired) electrons. The lowest BCUT2D eigenvalue weighted by Gasteiger charge is -2.28. The third-order valence-corrected chi connectivity index (χ3v) is 7.13. The van der Waals surface area contributed by atoms with Crippen molar-refractivity contribution in [2.75, 3.05) is 38.7 Å². The van der Waals surface area contributed by atoms with Crippen molar-refractivity contribution < 1.29 is 13.2 Å². The quantitative estimate of drug-likeness (QED) is 0.473. The smallest absolute Gasteiger partial charge is 0.263 e. The number of hydrogen-bond donors (Lipinski definition) is 1. The molecular formula is C22H32N4O3S. The van der Waals surface area contributed by atoms with Gasteiger partial charge in [0, 0.05) is 25.3 Å². The van der Waals surface area contributed by atoms with Crippen molar-refractivity contribution in [3.05, 3.63) is 47.2 Å². The van der Waals surface area contributed by atoms with E-state index in [1.807, 2.05) is 61.2 Å². The van der Waals surface area contributed by atoms with Gasteiger partial charge in [0.25, 0.3) is 5.91 Å². The predicted octanol–water partition coefficient (Wildman–Crippen LogP) is 1.88. The summed E-state index contributed by atoms with van der Waals surface area (Å²) in [5.74, 6) is -0.263. The average molecular weight is 433 g/mol. The van der Waals surface area contributed by atoms with Gasteiger partial charge in [0.2, 0.25) is 0 Å². The SMILES string of the molecule is CCc1ccc(C(C)NC(=O)/C(C#N)=C\N(CCN(C)C)C2CCS(=O)(=O)C2)cc1. The molecule has 1 aromatic carbocycles. The minimum absolute atomic E-state index is 0.0184. The Morgan fingerprint density at radius 1 is 1.30 bits per heavy atom. The molecule has 7 nitrogen and oxygen atoms in total. The molecule has 1 N–H and O–H groups in total. The molecule has 0 saturated carbocycles. The van der Waals surface area contributed by atoms with Crippen LogP contribution in [0.2, 0.25) is 0 Å². The zero-order valence-corrected chi connectivity index (χ0v) is 19.1. The number of benzene rings is 1. The maximum Gasteiger partial charge on any atom is 0.263 e. The Morgan fingerprint density at radius 3 is 2.47 bits per heavy atom. The molecule has 30 heavy (non-hydrogen) atoms. The molecule has 1 fully saturated rings. The summed E-state index contributed by atoms with van der Waals surface area (Å²) in [6.45, 7) is 5.19. The lowest BCUT2D eigenvalue weighted by atomic mass is 10.0. The Morgan fingerprint density at radius 2 is 1.97 bits per heavy atom. The van der Waals surface area contributed by atoms with E-state index in [2.05, 4.69) is 12.2 Å². The highest BCUT2D eigenvalue weighted by Gasteiger charge is 2.31. The molecule has 1 aliphatic rings. The van der Waals surface area contributed by atoms with E-state index >= 15 is 0 Å². The summed E-state index contributed by atoms with van der Waals surface area (Å²) in [5.41, 5.74) is 2.16. The minimum atomic E-state index is -3.07. The summed E-state index contributed by atoms with van der Waals surface area (Å²) >= 11 is 0. The molecule has 0 spiro atoms. The lowest BCUT2D eigenvalue weighted by Crippen LogP contribution is -2.38. The number of aryl methyl sites for hydroxylation is 1. The van der Waals surface area contributed by atoms with Crippen molar-refractivity contribution in [3.8, 4) is 6.07 Å². The molecule has 2 unspecified atom stereocenters. The Bertz CT molecular complexity index is 901. The van der Waals surface area contributed by atoms with Crippen molar-refractivity contribution >= 4 is 15.7 Å². The zero-order chi connectivity index (χ0) is 22.3. The Hall–Kier alpha value is -2.37. The van der Waals surface area contributed by atoms with E-state index in [1.54, 1.807) is 0 Å². The lowest BCUT2D eigenvalue weighted by molar-refractivity contribution is -0.117. The number of nitrogens with one attached hydrogen (secondary N) is 1. The third-order valence-electron chi connectivity index (χ3n) is 5.38. The van der Waals surface area contributed by atoms with Crippen LogP contribution in [0.5, 0.6) is 0 Å². The molecule has 8 heteroatoms. The highest BCUT2D eigenvalue weighted by molar-refractivity contribution is 7.91. The number of nitriles is 1. The Balaban J connectivity index is 2.15. The van der Waals surface area contributed by atoms with Crippen LogP contribution in [0.15, 0.2) is 36.0 Å². The standard InChI is InChI=1S/C22H32N4O3S/c1-5-18-6-8-19(9-7-18)17(2)24-22(27)20(14-23)15-26(12-11-25(3)4)21-10-13-30(28,29)16-21/h6-9,15,17,21H,5,10-13,16H2,1-4H3,(H,24,27)/b20-15-. The largest absolute Gasteiger partial charge is 0.371 e. The van der Waals surface area contributed by atoms with Gasteiger partial charge in [0.1, 0.15) is 11.6 Å². The van der Waals surface area contributed by atoms with E-state index in [1.165, 1.54) is 11.8 Å². The second kappa shape index (κ2) is 10.6. The number of likely N-dealkylation sites (N-methyl/N-ethyl adjacent to an activating group) is 1. The number of amides is 1. The molecular weight excluding hydrogens is 400 g/mol. The molecule has 1 heterocycles. The highest BCUT2D eigenvalue weighted by Crippen LogP contribution is 2.20. The molecule has 0 bridgehead atoms. The van der Waals surface area contributed by atoms with Crippen molar-refractivity contribution in [2.45, 2.75) is 38.8 Å². The van der Waals surface area contributed by atoms with Gasteiger partial charge in [0.05, 0.1) is 17.5 Å². The number of rotatable bonds is 9. The number of sulfone groups is 1. The van der Waals surface area contributed by atoms with E-state index in [0.29, 0.717) is 19.5 Å². The Kier molecular flexibility index (Phi) is 8.44. The van der Waals surface area contributed by atoms with E-state index in [-0.39, 0.29) is 29.2 Å². The van der Waals surface area contributed by atoms with Crippen LogP contribution < -0.4 is 5.32 Å². The molecule has 1 amide bonds. The molecule has 2 atom stereocenters. The van der Waals surface area contributed by atoms with Crippen LogP contribution >= 0.6 is 0 Å². The molecule has 1 aliphatic heterocycles. The average Bonchev–Trinajstić information content (AvgIpc) is 3.07. The number of nitrogens with zero attached hydrogens (tertiary/aromatic N) is 3. The van der Waals surface area contributed by atoms with Gasteiger partial charge >= 0.3 is 0 Å². The summed E-state index contributed by atoms with van der Waals surface area (Å²) in [7, 11) is 0.784. The van der Waals surface area contributed by atoms with Crippen molar-refractivity contribution in [1.29, 1.82) is 5.26 Å². The number of carbonyl (C=O) groups is 1.